The van der Waals surface area contributed by atoms with Crippen molar-refractivity contribution >= 4 is 5.69 Å². The molecule has 0 amide bonds. The van der Waals surface area contributed by atoms with Crippen LogP contribution >= 0.6 is 0 Å². The van der Waals surface area contributed by atoms with Crippen LogP contribution in [0.25, 0.3) is 0 Å². The van der Waals surface area contributed by atoms with Crippen molar-refractivity contribution < 1.29 is 0 Å². The van der Waals surface area contributed by atoms with E-state index in [0.29, 0.717) is 0 Å². The Balaban J connectivity index is 2.83. The number of aromatic nitrogens is 1. The van der Waals surface area contributed by atoms with Gasteiger partial charge in [0.1, 0.15) is 0 Å². The molecule has 0 aliphatic rings. The Morgan fingerprint density at radius 2 is 2.06 bits per heavy atom. The highest BCUT2D eigenvalue weighted by Gasteiger charge is 2.08. The summed E-state index contributed by atoms with van der Waals surface area (Å²) in [5.41, 5.74) is 2.42. The van der Waals surface area contributed by atoms with E-state index in [-0.39, 0.29) is 0 Å². The number of nitrogens with one attached hydrogen (secondary N) is 1. The maximum atomic E-state index is 4.22. The van der Waals surface area contributed by atoms with Gasteiger partial charge >= 0.3 is 0 Å². The summed E-state index contributed by atoms with van der Waals surface area (Å²) in [6, 6.07) is 2.07. The lowest BCUT2D eigenvalue weighted by Gasteiger charge is -2.24. The average molecular weight is 245 g/mol. The van der Waals surface area contributed by atoms with Gasteiger partial charge in [-0.2, -0.15) is 0 Å². The fourth-order valence-electron chi connectivity index (χ4n) is 1.83. The maximum Gasteiger partial charge on any atom is 0.0603 e. The minimum Gasteiger partial charge on any atom is -0.363 e. The van der Waals surface area contributed by atoms with E-state index >= 15 is 0 Å². The van der Waals surface area contributed by atoms with Crippen molar-refractivity contribution in [2.45, 2.75) is 19.9 Å². The number of anilines is 1. The van der Waals surface area contributed by atoms with E-state index in [4.69, 9.17) is 0 Å². The van der Waals surface area contributed by atoms with Crippen LogP contribution in [0.5, 0.6) is 0 Å². The maximum absolute atomic E-state index is 4.22. The number of hydrogen-bond acceptors (Lipinski definition) is 3. The highest BCUT2D eigenvalue weighted by atomic mass is 15.1. The van der Waals surface area contributed by atoms with E-state index in [1.807, 2.05) is 24.5 Å². The third-order valence-electron chi connectivity index (χ3n) is 2.67. The van der Waals surface area contributed by atoms with Gasteiger partial charge in [-0.25, -0.2) is 0 Å². The van der Waals surface area contributed by atoms with E-state index in [1.54, 1.807) is 0 Å². The van der Waals surface area contributed by atoms with Crippen molar-refractivity contribution in [2.24, 2.45) is 0 Å². The summed E-state index contributed by atoms with van der Waals surface area (Å²) in [7, 11) is 0. The first-order chi connectivity index (χ1) is 8.83. The number of rotatable bonds is 9. The molecule has 3 heteroatoms. The lowest BCUT2D eigenvalue weighted by molar-refractivity contribution is 0.673. The molecular formula is C15H23N3. The summed E-state index contributed by atoms with van der Waals surface area (Å²) in [6.45, 7) is 13.3. The molecule has 0 fully saturated rings. The largest absolute Gasteiger partial charge is 0.363 e. The topological polar surface area (TPSA) is 28.2 Å². The molecule has 18 heavy (non-hydrogen) atoms. The molecule has 0 bridgehead atoms. The highest BCUT2D eigenvalue weighted by Crippen LogP contribution is 2.18. The second-order valence-corrected chi connectivity index (χ2v) is 4.16. The van der Waals surface area contributed by atoms with E-state index in [1.165, 1.54) is 5.56 Å². The van der Waals surface area contributed by atoms with Gasteiger partial charge in [0.15, 0.2) is 0 Å². The van der Waals surface area contributed by atoms with Crippen molar-refractivity contribution in [1.29, 1.82) is 0 Å². The van der Waals surface area contributed by atoms with Gasteiger partial charge in [0.05, 0.1) is 11.9 Å². The zero-order chi connectivity index (χ0) is 13.2. The summed E-state index contributed by atoms with van der Waals surface area (Å²) in [5.74, 6) is 0. The normalized spacial score (nSPS) is 10.1. The molecule has 1 N–H and O–H groups in total. The first kappa shape index (κ1) is 14.5. The Morgan fingerprint density at radius 3 is 2.67 bits per heavy atom. The van der Waals surface area contributed by atoms with Gasteiger partial charge in [-0.05, 0) is 24.6 Å². The molecule has 1 heterocycles. The first-order valence-electron chi connectivity index (χ1n) is 6.43. The summed E-state index contributed by atoms with van der Waals surface area (Å²) in [6.07, 6.45) is 8.70. The van der Waals surface area contributed by atoms with Gasteiger partial charge in [-0.1, -0.05) is 19.1 Å². The molecule has 1 rings (SSSR count). The summed E-state index contributed by atoms with van der Waals surface area (Å²) in [4.78, 5) is 6.44. The lowest BCUT2D eigenvalue weighted by atomic mass is 10.2. The van der Waals surface area contributed by atoms with E-state index in [0.717, 1.165) is 38.3 Å². The van der Waals surface area contributed by atoms with Crippen molar-refractivity contribution in [3.63, 3.8) is 0 Å². The van der Waals surface area contributed by atoms with Crippen LogP contribution in [0, 0.1) is 0 Å². The van der Waals surface area contributed by atoms with Gasteiger partial charge in [0, 0.05) is 25.8 Å². The van der Waals surface area contributed by atoms with Gasteiger partial charge in [0.2, 0.25) is 0 Å². The van der Waals surface area contributed by atoms with E-state index in [2.05, 4.69) is 41.3 Å². The molecular weight excluding hydrogens is 222 g/mol. The Labute approximate surface area is 110 Å². The van der Waals surface area contributed by atoms with Crippen LogP contribution in [0.2, 0.25) is 0 Å². The zero-order valence-corrected chi connectivity index (χ0v) is 11.2. The molecule has 0 saturated carbocycles. The number of hydrogen-bond donors (Lipinski definition) is 1. The van der Waals surface area contributed by atoms with Crippen LogP contribution in [0.3, 0.4) is 0 Å². The third-order valence-corrected chi connectivity index (χ3v) is 2.67. The van der Waals surface area contributed by atoms with Crippen LogP contribution in [0.1, 0.15) is 18.9 Å². The van der Waals surface area contributed by atoms with Gasteiger partial charge in [0.25, 0.3) is 0 Å². The van der Waals surface area contributed by atoms with Crippen LogP contribution in [0.15, 0.2) is 43.8 Å². The van der Waals surface area contributed by atoms with Crippen LogP contribution < -0.4 is 10.2 Å². The molecule has 0 spiro atoms. The first-order valence-corrected chi connectivity index (χ1v) is 6.43. The molecule has 0 aromatic carbocycles. The third kappa shape index (κ3) is 4.34. The molecule has 0 unspecified atom stereocenters. The second kappa shape index (κ2) is 8.48. The zero-order valence-electron chi connectivity index (χ0n) is 11.2. The van der Waals surface area contributed by atoms with E-state index < -0.39 is 0 Å². The SMILES string of the molecule is C=CCN(CC=C)c1cnccc1CNCCC. The summed E-state index contributed by atoms with van der Waals surface area (Å²) in [5, 5.41) is 3.42. The Hall–Kier alpha value is -1.61. The summed E-state index contributed by atoms with van der Waals surface area (Å²) >= 11 is 0. The molecule has 3 nitrogen and oxygen atoms in total. The van der Waals surface area contributed by atoms with Crippen molar-refractivity contribution in [3.05, 3.63) is 49.3 Å². The molecule has 0 atom stereocenters. The van der Waals surface area contributed by atoms with Crippen LogP contribution in [-0.4, -0.2) is 24.6 Å². The predicted molar refractivity (Wildman–Crippen MR) is 78.8 cm³/mol. The molecule has 0 radical (unpaired) electrons. The smallest absolute Gasteiger partial charge is 0.0603 e. The number of pyridine rings is 1. The van der Waals surface area contributed by atoms with Gasteiger partial charge in [-0.15, -0.1) is 13.2 Å². The van der Waals surface area contributed by atoms with Crippen molar-refractivity contribution in [1.82, 2.24) is 10.3 Å². The Kier molecular flexibility index (Phi) is 6.81. The molecule has 0 aliphatic heterocycles. The Morgan fingerprint density at radius 1 is 1.33 bits per heavy atom. The monoisotopic (exact) mass is 245 g/mol. The second-order valence-electron chi connectivity index (χ2n) is 4.16. The molecule has 0 saturated heterocycles. The minimum absolute atomic E-state index is 0.804. The quantitative estimate of drug-likeness (QED) is 0.535. The molecule has 1 aromatic rings. The standard InChI is InChI=1S/C15H23N3/c1-4-8-16-12-14-7-9-17-13-15(14)18(10-5-2)11-6-3/h5-7,9,13,16H,2-4,8,10-12H2,1H3. The van der Waals surface area contributed by atoms with Gasteiger partial charge < -0.3 is 10.2 Å². The van der Waals surface area contributed by atoms with Gasteiger partial charge in [-0.3, -0.25) is 4.98 Å². The fourth-order valence-corrected chi connectivity index (χ4v) is 1.83. The van der Waals surface area contributed by atoms with E-state index in [9.17, 15) is 0 Å². The molecule has 0 aliphatic carbocycles. The predicted octanol–water partition coefficient (Wildman–Crippen LogP) is 2.76. The Bertz CT molecular complexity index is 364. The molecule has 98 valence electrons. The molecule has 1 aromatic heterocycles. The van der Waals surface area contributed by atoms with Crippen LogP contribution in [0.4, 0.5) is 5.69 Å². The number of nitrogens with zero attached hydrogens (tertiary/aromatic N) is 2. The van der Waals surface area contributed by atoms with Crippen molar-refractivity contribution in [2.75, 3.05) is 24.5 Å². The van der Waals surface area contributed by atoms with Crippen molar-refractivity contribution in [3.8, 4) is 0 Å². The summed E-state index contributed by atoms with van der Waals surface area (Å²) < 4.78 is 0. The highest BCUT2D eigenvalue weighted by molar-refractivity contribution is 5.52. The average Bonchev–Trinajstić information content (AvgIpc) is 2.39. The van der Waals surface area contributed by atoms with Crippen LogP contribution in [-0.2, 0) is 6.54 Å². The lowest BCUT2D eigenvalue weighted by Crippen LogP contribution is -2.26. The minimum atomic E-state index is 0.804. The fraction of sp³-hybridized carbons (Fsp3) is 0.400.